The molecule has 0 aliphatic carbocycles. The van der Waals surface area contributed by atoms with Gasteiger partial charge in [-0.05, 0) is 24.0 Å². The average Bonchev–Trinajstić information content (AvgIpc) is 2.39. The number of nitrogens with two attached hydrogens (primary N) is 1. The van der Waals surface area contributed by atoms with Gasteiger partial charge in [0.25, 0.3) is 5.69 Å². The van der Waals surface area contributed by atoms with Crippen LogP contribution in [0, 0.1) is 16.0 Å². The Morgan fingerprint density at radius 2 is 2.10 bits per heavy atom. The summed E-state index contributed by atoms with van der Waals surface area (Å²) in [4.78, 5) is 23.9. The van der Waals surface area contributed by atoms with Crippen LogP contribution in [0.4, 0.5) is 5.69 Å². The van der Waals surface area contributed by atoms with E-state index in [-0.39, 0.29) is 18.1 Å². The molecule has 0 bridgehead atoms. The minimum Gasteiger partial charge on any atom is -0.340 e. The fourth-order valence-electron chi connectivity index (χ4n) is 2.02. The van der Waals surface area contributed by atoms with Gasteiger partial charge in [-0.15, -0.1) is 0 Å². The maximum atomic E-state index is 12.1. The number of likely N-dealkylation sites (N-methyl/N-ethyl adjacent to an activating group) is 1. The van der Waals surface area contributed by atoms with Gasteiger partial charge in [0.2, 0.25) is 5.91 Å². The minimum atomic E-state index is -0.576. The number of non-ortho nitro benzene ring substituents is 1. The number of hydrogen-bond donors (Lipinski definition) is 1. The lowest BCUT2D eigenvalue weighted by atomic mass is 10.0. The van der Waals surface area contributed by atoms with Crippen molar-refractivity contribution >= 4 is 23.2 Å². The summed E-state index contributed by atoms with van der Waals surface area (Å²) in [5.41, 5.74) is 6.33. The van der Waals surface area contributed by atoms with Crippen LogP contribution in [0.1, 0.15) is 25.8 Å². The molecule has 0 fully saturated rings. The predicted molar refractivity (Wildman–Crippen MR) is 82.0 cm³/mol. The van der Waals surface area contributed by atoms with Crippen molar-refractivity contribution in [1.29, 1.82) is 0 Å². The lowest BCUT2D eigenvalue weighted by Gasteiger charge is -2.22. The van der Waals surface area contributed by atoms with E-state index < -0.39 is 11.0 Å². The van der Waals surface area contributed by atoms with E-state index in [1.165, 1.54) is 23.1 Å². The third-order valence-corrected chi connectivity index (χ3v) is 3.44. The topological polar surface area (TPSA) is 89.5 Å². The molecule has 1 aromatic rings. The first-order valence-corrected chi connectivity index (χ1v) is 7.03. The molecule has 1 aromatic carbocycles. The highest BCUT2D eigenvalue weighted by Crippen LogP contribution is 2.23. The van der Waals surface area contributed by atoms with Crippen molar-refractivity contribution in [1.82, 2.24) is 4.90 Å². The first-order chi connectivity index (χ1) is 9.72. The highest BCUT2D eigenvalue weighted by Gasteiger charge is 2.20. The van der Waals surface area contributed by atoms with Gasteiger partial charge in [-0.2, -0.15) is 0 Å². The third-order valence-electron chi connectivity index (χ3n) is 3.07. The number of nitro groups is 1. The maximum Gasteiger partial charge on any atom is 0.269 e. The molecule has 7 heteroatoms. The van der Waals surface area contributed by atoms with Crippen molar-refractivity contribution in [3.05, 3.63) is 38.9 Å². The van der Waals surface area contributed by atoms with E-state index in [2.05, 4.69) is 0 Å². The van der Waals surface area contributed by atoms with Gasteiger partial charge in [0.05, 0.1) is 11.0 Å². The second-order valence-electron chi connectivity index (χ2n) is 5.46. The number of hydrogen-bond acceptors (Lipinski definition) is 4. The second kappa shape index (κ2) is 7.38. The first kappa shape index (κ1) is 17.4. The Labute approximate surface area is 129 Å². The molecule has 0 aromatic heterocycles. The highest BCUT2D eigenvalue weighted by molar-refractivity contribution is 6.31. The summed E-state index contributed by atoms with van der Waals surface area (Å²) in [6.07, 6.45) is 0.589. The van der Waals surface area contributed by atoms with Gasteiger partial charge >= 0.3 is 0 Å². The van der Waals surface area contributed by atoms with Crippen LogP contribution in [0.15, 0.2) is 18.2 Å². The van der Waals surface area contributed by atoms with E-state index in [4.69, 9.17) is 17.3 Å². The van der Waals surface area contributed by atoms with E-state index >= 15 is 0 Å². The van der Waals surface area contributed by atoms with Crippen LogP contribution in [0.25, 0.3) is 0 Å². The Balaban J connectivity index is 2.83. The Morgan fingerprint density at radius 1 is 1.48 bits per heavy atom. The SMILES string of the molecule is CC(C)C[C@H](N)C(=O)N(C)Cc1cc([N+](=O)[O-])ccc1Cl. The molecule has 1 amide bonds. The standard InChI is InChI=1S/C14H20ClN3O3/c1-9(2)6-13(16)14(19)17(3)8-10-7-11(18(20)21)4-5-12(10)15/h4-5,7,9,13H,6,8,16H2,1-3H3/t13-/m0/s1. The molecule has 0 saturated heterocycles. The Morgan fingerprint density at radius 3 is 2.62 bits per heavy atom. The van der Waals surface area contributed by atoms with E-state index in [1.54, 1.807) is 7.05 Å². The number of benzene rings is 1. The predicted octanol–water partition coefficient (Wildman–Crippen LogP) is 2.58. The van der Waals surface area contributed by atoms with Crippen LogP contribution in [0.5, 0.6) is 0 Å². The highest BCUT2D eigenvalue weighted by atomic mass is 35.5. The van der Waals surface area contributed by atoms with Crippen LogP contribution >= 0.6 is 11.6 Å². The quantitative estimate of drug-likeness (QED) is 0.645. The molecule has 0 heterocycles. The molecule has 0 saturated carbocycles. The summed E-state index contributed by atoms with van der Waals surface area (Å²) < 4.78 is 0. The van der Waals surface area contributed by atoms with Crippen LogP contribution in [-0.2, 0) is 11.3 Å². The lowest BCUT2D eigenvalue weighted by Crippen LogP contribution is -2.42. The van der Waals surface area contributed by atoms with Gasteiger partial charge in [0.15, 0.2) is 0 Å². The van der Waals surface area contributed by atoms with E-state index in [0.717, 1.165) is 0 Å². The molecule has 2 N–H and O–H groups in total. The Bertz CT molecular complexity index is 534. The first-order valence-electron chi connectivity index (χ1n) is 6.65. The molecule has 0 radical (unpaired) electrons. The molecule has 0 spiro atoms. The Kier molecular flexibility index (Phi) is 6.11. The zero-order valence-corrected chi connectivity index (χ0v) is 13.1. The number of halogens is 1. The van der Waals surface area contributed by atoms with E-state index in [9.17, 15) is 14.9 Å². The van der Waals surface area contributed by atoms with E-state index in [1.807, 2.05) is 13.8 Å². The van der Waals surface area contributed by atoms with Gasteiger partial charge < -0.3 is 10.6 Å². The van der Waals surface area contributed by atoms with Crippen molar-refractivity contribution in [3.8, 4) is 0 Å². The number of amides is 1. The van der Waals surface area contributed by atoms with Crippen molar-refractivity contribution in [2.75, 3.05) is 7.05 Å². The minimum absolute atomic E-state index is 0.0540. The van der Waals surface area contributed by atoms with Gasteiger partial charge in [-0.1, -0.05) is 25.4 Å². The van der Waals surface area contributed by atoms with Crippen LogP contribution in [0.2, 0.25) is 5.02 Å². The van der Waals surface area contributed by atoms with Crippen molar-refractivity contribution in [3.63, 3.8) is 0 Å². The molecule has 0 aliphatic rings. The molecule has 21 heavy (non-hydrogen) atoms. The maximum absolute atomic E-state index is 12.1. The molecule has 0 aliphatic heterocycles. The monoisotopic (exact) mass is 313 g/mol. The van der Waals surface area contributed by atoms with Crippen LogP contribution < -0.4 is 5.73 Å². The molecular weight excluding hydrogens is 294 g/mol. The van der Waals surface area contributed by atoms with Gasteiger partial charge in [0.1, 0.15) is 0 Å². The molecule has 1 atom stereocenters. The van der Waals surface area contributed by atoms with Gasteiger partial charge in [-0.3, -0.25) is 14.9 Å². The zero-order valence-electron chi connectivity index (χ0n) is 12.4. The summed E-state index contributed by atoms with van der Waals surface area (Å²) in [6.45, 7) is 4.17. The summed E-state index contributed by atoms with van der Waals surface area (Å²) >= 11 is 6.02. The smallest absolute Gasteiger partial charge is 0.269 e. The van der Waals surface area contributed by atoms with Crippen molar-refractivity contribution < 1.29 is 9.72 Å². The number of nitro benzene ring substituents is 1. The largest absolute Gasteiger partial charge is 0.340 e. The number of rotatable bonds is 6. The summed E-state index contributed by atoms with van der Waals surface area (Å²) in [6, 6.07) is 3.59. The summed E-state index contributed by atoms with van der Waals surface area (Å²) in [5, 5.41) is 11.2. The summed E-state index contributed by atoms with van der Waals surface area (Å²) in [7, 11) is 1.61. The van der Waals surface area contributed by atoms with Gasteiger partial charge in [0, 0.05) is 30.7 Å². The molecular formula is C14H20ClN3O3. The number of nitrogens with zero attached hydrogens (tertiary/aromatic N) is 2. The lowest BCUT2D eigenvalue weighted by molar-refractivity contribution is -0.384. The molecule has 0 unspecified atom stereocenters. The van der Waals surface area contributed by atoms with Gasteiger partial charge in [-0.25, -0.2) is 0 Å². The third kappa shape index (κ3) is 4.99. The second-order valence-corrected chi connectivity index (χ2v) is 5.87. The van der Waals surface area contributed by atoms with E-state index in [0.29, 0.717) is 22.9 Å². The fourth-order valence-corrected chi connectivity index (χ4v) is 2.20. The van der Waals surface area contributed by atoms with Crippen LogP contribution in [-0.4, -0.2) is 28.8 Å². The average molecular weight is 314 g/mol. The molecule has 6 nitrogen and oxygen atoms in total. The number of carbonyl (C=O) groups excluding carboxylic acids is 1. The molecule has 1 rings (SSSR count). The Hall–Kier alpha value is -1.66. The normalized spacial score (nSPS) is 12.3. The summed E-state index contributed by atoms with van der Waals surface area (Å²) in [5.74, 6) is 0.116. The van der Waals surface area contributed by atoms with Crippen molar-refractivity contribution in [2.45, 2.75) is 32.9 Å². The molecule has 116 valence electrons. The number of carbonyl (C=O) groups is 1. The fraction of sp³-hybridized carbons (Fsp3) is 0.500. The zero-order chi connectivity index (χ0) is 16.2. The van der Waals surface area contributed by atoms with Crippen molar-refractivity contribution in [2.24, 2.45) is 11.7 Å². The van der Waals surface area contributed by atoms with Crippen LogP contribution in [0.3, 0.4) is 0 Å².